The van der Waals surface area contributed by atoms with Crippen LogP contribution in [0, 0.1) is 6.92 Å². The van der Waals surface area contributed by atoms with Crippen LogP contribution in [0.15, 0.2) is 36.5 Å². The Bertz CT molecular complexity index is 711. The molecular formula is C18H20N2O3. The van der Waals surface area contributed by atoms with E-state index in [1.165, 1.54) is 0 Å². The van der Waals surface area contributed by atoms with Crippen molar-refractivity contribution < 1.29 is 14.6 Å². The summed E-state index contributed by atoms with van der Waals surface area (Å²) in [5.41, 5.74) is 2.91. The van der Waals surface area contributed by atoms with E-state index in [4.69, 9.17) is 9.47 Å². The fourth-order valence-electron chi connectivity index (χ4n) is 2.49. The van der Waals surface area contributed by atoms with E-state index in [9.17, 15) is 5.11 Å². The number of methoxy groups -OCH3 is 1. The number of rotatable bonds is 5. The molecular weight excluding hydrogens is 292 g/mol. The lowest BCUT2D eigenvalue weighted by Crippen LogP contribution is -2.03. The van der Waals surface area contributed by atoms with Crippen LogP contribution in [0.5, 0.6) is 11.6 Å². The molecule has 0 bridgehead atoms. The summed E-state index contributed by atoms with van der Waals surface area (Å²) in [5, 5.41) is 9.61. The molecule has 1 unspecified atom stereocenters. The molecule has 5 nitrogen and oxygen atoms in total. The molecule has 0 saturated carbocycles. The van der Waals surface area contributed by atoms with Crippen molar-refractivity contribution in [2.24, 2.45) is 0 Å². The lowest BCUT2D eigenvalue weighted by Gasteiger charge is -2.10. The van der Waals surface area contributed by atoms with Gasteiger partial charge in [0.1, 0.15) is 12.4 Å². The number of nitrogens with zero attached hydrogens (tertiary/aromatic N) is 2. The number of allylic oxidation sites excluding steroid dienone is 1. The van der Waals surface area contributed by atoms with E-state index in [2.05, 4.69) is 9.97 Å². The number of aliphatic hydroxyl groups excluding tert-OH is 1. The minimum Gasteiger partial charge on any atom is -0.497 e. The first-order valence-electron chi connectivity index (χ1n) is 7.64. The van der Waals surface area contributed by atoms with Gasteiger partial charge in [-0.3, -0.25) is 0 Å². The molecule has 0 saturated heterocycles. The van der Waals surface area contributed by atoms with E-state index in [1.54, 1.807) is 13.3 Å². The van der Waals surface area contributed by atoms with Crippen molar-refractivity contribution in [1.29, 1.82) is 0 Å². The van der Waals surface area contributed by atoms with E-state index in [0.717, 1.165) is 35.3 Å². The summed E-state index contributed by atoms with van der Waals surface area (Å²) in [5.74, 6) is 2.03. The van der Waals surface area contributed by atoms with Gasteiger partial charge in [0, 0.05) is 11.8 Å². The Morgan fingerprint density at radius 3 is 2.70 bits per heavy atom. The van der Waals surface area contributed by atoms with Crippen molar-refractivity contribution >= 4 is 5.57 Å². The third-order valence-corrected chi connectivity index (χ3v) is 3.85. The van der Waals surface area contributed by atoms with Crippen molar-refractivity contribution in [2.45, 2.75) is 32.5 Å². The number of aryl methyl sites for hydroxylation is 1. The van der Waals surface area contributed by atoms with E-state index in [1.807, 2.05) is 37.3 Å². The first kappa shape index (κ1) is 15.5. The SMILES string of the molecule is COc1ccc(COc2nc(C3=CC(O)CC3)ncc2C)cc1. The zero-order valence-electron chi connectivity index (χ0n) is 13.3. The highest BCUT2D eigenvalue weighted by Gasteiger charge is 2.17. The van der Waals surface area contributed by atoms with E-state index >= 15 is 0 Å². The quantitative estimate of drug-likeness (QED) is 0.919. The van der Waals surface area contributed by atoms with Crippen LogP contribution >= 0.6 is 0 Å². The smallest absolute Gasteiger partial charge is 0.220 e. The molecule has 0 aliphatic heterocycles. The Hall–Kier alpha value is -2.40. The molecule has 0 spiro atoms. The third kappa shape index (κ3) is 3.68. The number of aliphatic hydroxyl groups is 1. The van der Waals surface area contributed by atoms with E-state index in [-0.39, 0.29) is 0 Å². The molecule has 23 heavy (non-hydrogen) atoms. The van der Waals surface area contributed by atoms with Crippen molar-refractivity contribution in [1.82, 2.24) is 9.97 Å². The summed E-state index contributed by atoms with van der Waals surface area (Å²) in [4.78, 5) is 8.85. The summed E-state index contributed by atoms with van der Waals surface area (Å²) in [6.07, 6.45) is 4.71. The molecule has 1 aromatic carbocycles. The van der Waals surface area contributed by atoms with Crippen LogP contribution in [0.4, 0.5) is 0 Å². The van der Waals surface area contributed by atoms with Crippen LogP contribution in [0.1, 0.15) is 29.8 Å². The van der Waals surface area contributed by atoms with Gasteiger partial charge in [0.15, 0.2) is 5.82 Å². The monoisotopic (exact) mass is 312 g/mol. The maximum atomic E-state index is 9.61. The molecule has 0 amide bonds. The molecule has 0 radical (unpaired) electrons. The van der Waals surface area contributed by atoms with Crippen LogP contribution in [0.2, 0.25) is 0 Å². The number of ether oxygens (including phenoxy) is 2. The third-order valence-electron chi connectivity index (χ3n) is 3.85. The van der Waals surface area contributed by atoms with Crippen molar-refractivity contribution in [3.63, 3.8) is 0 Å². The van der Waals surface area contributed by atoms with Crippen molar-refractivity contribution in [3.05, 3.63) is 53.5 Å². The second-order valence-corrected chi connectivity index (χ2v) is 5.62. The van der Waals surface area contributed by atoms with Gasteiger partial charge in [-0.2, -0.15) is 4.98 Å². The van der Waals surface area contributed by atoms with Gasteiger partial charge in [0.05, 0.1) is 13.2 Å². The Balaban J connectivity index is 1.72. The molecule has 1 aromatic heterocycles. The molecule has 5 heteroatoms. The second-order valence-electron chi connectivity index (χ2n) is 5.62. The predicted molar refractivity (Wildman–Crippen MR) is 87.3 cm³/mol. The zero-order chi connectivity index (χ0) is 16.2. The van der Waals surface area contributed by atoms with E-state index < -0.39 is 6.10 Å². The lowest BCUT2D eigenvalue weighted by molar-refractivity contribution is 0.223. The molecule has 1 aliphatic rings. The van der Waals surface area contributed by atoms with Gasteiger partial charge in [-0.25, -0.2) is 4.98 Å². The molecule has 1 atom stereocenters. The lowest BCUT2D eigenvalue weighted by atomic mass is 10.2. The topological polar surface area (TPSA) is 64.5 Å². The second kappa shape index (κ2) is 6.79. The van der Waals surface area contributed by atoms with Gasteiger partial charge >= 0.3 is 0 Å². The van der Waals surface area contributed by atoms with Crippen LogP contribution in [0.25, 0.3) is 5.57 Å². The molecule has 1 aliphatic carbocycles. The normalized spacial score (nSPS) is 17.0. The maximum Gasteiger partial charge on any atom is 0.220 e. The van der Waals surface area contributed by atoms with Crippen LogP contribution < -0.4 is 9.47 Å². The predicted octanol–water partition coefficient (Wildman–Crippen LogP) is 2.91. The Kier molecular flexibility index (Phi) is 4.57. The average molecular weight is 312 g/mol. The average Bonchev–Trinajstić information content (AvgIpc) is 3.01. The molecule has 1 heterocycles. The van der Waals surface area contributed by atoms with Crippen LogP contribution in [-0.2, 0) is 6.61 Å². The molecule has 120 valence electrons. The van der Waals surface area contributed by atoms with Gasteiger partial charge in [-0.1, -0.05) is 12.1 Å². The fourth-order valence-corrected chi connectivity index (χ4v) is 2.49. The highest BCUT2D eigenvalue weighted by molar-refractivity contribution is 5.63. The van der Waals surface area contributed by atoms with Gasteiger partial charge in [-0.05, 0) is 49.1 Å². The summed E-state index contributed by atoms with van der Waals surface area (Å²) in [6, 6.07) is 7.74. The van der Waals surface area contributed by atoms with Crippen molar-refractivity contribution in [3.8, 4) is 11.6 Å². The van der Waals surface area contributed by atoms with Crippen molar-refractivity contribution in [2.75, 3.05) is 7.11 Å². The first-order chi connectivity index (χ1) is 11.2. The first-order valence-corrected chi connectivity index (χ1v) is 7.64. The summed E-state index contributed by atoms with van der Waals surface area (Å²) >= 11 is 0. The van der Waals surface area contributed by atoms with Gasteiger partial charge < -0.3 is 14.6 Å². The zero-order valence-corrected chi connectivity index (χ0v) is 13.3. The Morgan fingerprint density at radius 1 is 1.26 bits per heavy atom. The minimum absolute atomic E-state index is 0.390. The standard InChI is InChI=1S/C18H20N2O3/c1-12-10-19-17(14-5-6-15(21)9-14)20-18(12)23-11-13-3-7-16(22-2)8-4-13/h3-4,7-10,15,21H,5-6,11H2,1-2H3. The van der Waals surface area contributed by atoms with Crippen LogP contribution in [-0.4, -0.2) is 28.3 Å². The van der Waals surface area contributed by atoms with Gasteiger partial charge in [0.25, 0.3) is 0 Å². The molecule has 1 N–H and O–H groups in total. The van der Waals surface area contributed by atoms with Gasteiger partial charge in [-0.15, -0.1) is 0 Å². The number of hydrogen-bond acceptors (Lipinski definition) is 5. The summed E-state index contributed by atoms with van der Waals surface area (Å²) in [6.45, 7) is 2.36. The highest BCUT2D eigenvalue weighted by Crippen LogP contribution is 2.27. The number of hydrogen-bond donors (Lipinski definition) is 1. The summed E-state index contributed by atoms with van der Waals surface area (Å²) in [7, 11) is 1.64. The largest absolute Gasteiger partial charge is 0.497 e. The van der Waals surface area contributed by atoms with Crippen LogP contribution in [0.3, 0.4) is 0 Å². The van der Waals surface area contributed by atoms with Gasteiger partial charge in [0.2, 0.25) is 5.88 Å². The minimum atomic E-state index is -0.390. The molecule has 3 rings (SSSR count). The highest BCUT2D eigenvalue weighted by atomic mass is 16.5. The molecule has 2 aromatic rings. The number of benzene rings is 1. The fraction of sp³-hybridized carbons (Fsp3) is 0.333. The number of aromatic nitrogens is 2. The molecule has 0 fully saturated rings. The Morgan fingerprint density at radius 2 is 2.04 bits per heavy atom. The Labute approximate surface area is 135 Å². The van der Waals surface area contributed by atoms with E-state index in [0.29, 0.717) is 18.3 Å². The summed E-state index contributed by atoms with van der Waals surface area (Å²) < 4.78 is 11.0. The maximum absolute atomic E-state index is 9.61.